The number of anilines is 2. The first kappa shape index (κ1) is 19.0. The van der Waals surface area contributed by atoms with E-state index < -0.39 is 5.97 Å². The third-order valence-corrected chi connectivity index (χ3v) is 4.91. The quantitative estimate of drug-likeness (QED) is 0.644. The van der Waals surface area contributed by atoms with Crippen LogP contribution in [0.4, 0.5) is 11.4 Å². The van der Waals surface area contributed by atoms with Gasteiger partial charge in [-0.1, -0.05) is 29.8 Å². The van der Waals surface area contributed by atoms with E-state index in [1.807, 2.05) is 37.3 Å². The molecule has 6 nitrogen and oxygen atoms in total. The molecule has 0 saturated carbocycles. The minimum absolute atomic E-state index is 0.208. The van der Waals surface area contributed by atoms with Crippen molar-refractivity contribution < 1.29 is 14.3 Å². The molecule has 0 aliphatic carbocycles. The predicted molar refractivity (Wildman–Crippen MR) is 106 cm³/mol. The Balaban J connectivity index is 1.51. The first-order chi connectivity index (χ1) is 13.0. The highest BCUT2D eigenvalue weighted by Crippen LogP contribution is 2.21. The van der Waals surface area contributed by atoms with E-state index in [-0.39, 0.29) is 18.1 Å². The fraction of sp³-hybridized carbons (Fsp3) is 0.300. The highest BCUT2D eigenvalue weighted by Gasteiger charge is 2.23. The summed E-state index contributed by atoms with van der Waals surface area (Å²) < 4.78 is 5.16. The Morgan fingerprint density at radius 1 is 1.11 bits per heavy atom. The molecule has 2 aromatic rings. The van der Waals surface area contributed by atoms with Crippen molar-refractivity contribution in [3.05, 3.63) is 58.6 Å². The number of nitrogens with two attached hydrogens (primary N) is 1. The second kappa shape index (κ2) is 8.31. The fourth-order valence-electron chi connectivity index (χ4n) is 3.04. The fourth-order valence-corrected chi connectivity index (χ4v) is 3.23. The number of carbonyl (C=O) groups excluding carboxylic acids is 2. The van der Waals surface area contributed by atoms with Crippen molar-refractivity contribution in [3.63, 3.8) is 0 Å². The molecule has 2 N–H and O–H groups in total. The third-order valence-electron chi connectivity index (χ3n) is 4.68. The summed E-state index contributed by atoms with van der Waals surface area (Å²) in [5.74, 6) is -0.789. The number of aryl methyl sites for hydroxylation is 1. The summed E-state index contributed by atoms with van der Waals surface area (Å²) in [4.78, 5) is 28.4. The lowest BCUT2D eigenvalue weighted by Gasteiger charge is -2.36. The van der Waals surface area contributed by atoms with E-state index in [0.29, 0.717) is 36.9 Å². The van der Waals surface area contributed by atoms with E-state index in [1.54, 1.807) is 17.0 Å². The van der Waals surface area contributed by atoms with E-state index >= 15 is 0 Å². The molecule has 3 rings (SSSR count). The van der Waals surface area contributed by atoms with Gasteiger partial charge in [0.2, 0.25) is 0 Å². The molecular formula is C20H22ClN3O3. The van der Waals surface area contributed by atoms with E-state index in [2.05, 4.69) is 4.90 Å². The SMILES string of the molecule is Cc1cccc(C(=O)OCC(=O)N2CCN(c3cccc(Cl)c3)CC2)c1N. The van der Waals surface area contributed by atoms with Gasteiger partial charge in [0.1, 0.15) is 0 Å². The van der Waals surface area contributed by atoms with Crippen LogP contribution in [0.15, 0.2) is 42.5 Å². The van der Waals surface area contributed by atoms with Crippen LogP contribution in [0.5, 0.6) is 0 Å². The summed E-state index contributed by atoms with van der Waals surface area (Å²) >= 11 is 6.04. The van der Waals surface area contributed by atoms with Crippen molar-refractivity contribution in [1.82, 2.24) is 4.90 Å². The number of amides is 1. The van der Waals surface area contributed by atoms with Crippen LogP contribution in [0.25, 0.3) is 0 Å². The Labute approximate surface area is 163 Å². The highest BCUT2D eigenvalue weighted by atomic mass is 35.5. The van der Waals surface area contributed by atoms with Gasteiger partial charge < -0.3 is 20.3 Å². The van der Waals surface area contributed by atoms with Crippen molar-refractivity contribution in [1.29, 1.82) is 0 Å². The Bertz CT molecular complexity index is 848. The average molecular weight is 388 g/mol. The van der Waals surface area contributed by atoms with Gasteiger partial charge in [-0.2, -0.15) is 0 Å². The van der Waals surface area contributed by atoms with Crippen molar-refractivity contribution in [2.75, 3.05) is 43.4 Å². The first-order valence-corrected chi connectivity index (χ1v) is 9.14. The Morgan fingerprint density at radius 2 is 1.81 bits per heavy atom. The molecule has 2 aromatic carbocycles. The van der Waals surface area contributed by atoms with E-state index in [0.717, 1.165) is 11.3 Å². The van der Waals surface area contributed by atoms with Crippen molar-refractivity contribution in [3.8, 4) is 0 Å². The number of ether oxygens (including phenoxy) is 1. The van der Waals surface area contributed by atoms with E-state index in [4.69, 9.17) is 22.1 Å². The molecule has 1 heterocycles. The maximum Gasteiger partial charge on any atom is 0.340 e. The van der Waals surface area contributed by atoms with Crippen LogP contribution < -0.4 is 10.6 Å². The van der Waals surface area contributed by atoms with Gasteiger partial charge in [-0.25, -0.2) is 4.79 Å². The highest BCUT2D eigenvalue weighted by molar-refractivity contribution is 6.30. The molecule has 0 spiro atoms. The molecule has 7 heteroatoms. The molecular weight excluding hydrogens is 366 g/mol. The Morgan fingerprint density at radius 3 is 2.52 bits per heavy atom. The van der Waals surface area contributed by atoms with Gasteiger partial charge in [0.05, 0.1) is 5.56 Å². The second-order valence-corrected chi connectivity index (χ2v) is 6.90. The lowest BCUT2D eigenvalue weighted by molar-refractivity contribution is -0.134. The summed E-state index contributed by atoms with van der Waals surface area (Å²) in [7, 11) is 0. The number of rotatable bonds is 4. The molecule has 1 aliphatic heterocycles. The van der Waals surface area contributed by atoms with Crippen molar-refractivity contribution in [2.24, 2.45) is 0 Å². The topological polar surface area (TPSA) is 75.9 Å². The summed E-state index contributed by atoms with van der Waals surface area (Å²) in [5, 5.41) is 0.688. The van der Waals surface area contributed by atoms with E-state index in [9.17, 15) is 9.59 Å². The molecule has 142 valence electrons. The number of para-hydroxylation sites is 1. The van der Waals surface area contributed by atoms with Gasteiger partial charge in [-0.3, -0.25) is 4.79 Å². The van der Waals surface area contributed by atoms with Gasteiger partial charge >= 0.3 is 5.97 Å². The molecule has 0 atom stereocenters. The number of hydrogen-bond acceptors (Lipinski definition) is 5. The van der Waals surface area contributed by atoms with Crippen LogP contribution in [-0.4, -0.2) is 49.6 Å². The zero-order valence-corrected chi connectivity index (χ0v) is 15.9. The monoisotopic (exact) mass is 387 g/mol. The van der Waals surface area contributed by atoms with Crippen LogP contribution in [0.1, 0.15) is 15.9 Å². The lowest BCUT2D eigenvalue weighted by Crippen LogP contribution is -2.49. The molecule has 1 saturated heterocycles. The van der Waals surface area contributed by atoms with Gasteiger partial charge in [-0.15, -0.1) is 0 Å². The largest absolute Gasteiger partial charge is 0.452 e. The number of carbonyl (C=O) groups is 2. The maximum atomic E-state index is 12.4. The van der Waals surface area contributed by atoms with Gasteiger partial charge in [-0.05, 0) is 36.8 Å². The average Bonchev–Trinajstić information content (AvgIpc) is 2.68. The number of nitrogen functional groups attached to an aromatic ring is 1. The van der Waals surface area contributed by atoms with Crippen LogP contribution >= 0.6 is 11.6 Å². The van der Waals surface area contributed by atoms with Crippen LogP contribution in [0.3, 0.4) is 0 Å². The van der Waals surface area contributed by atoms with Crippen LogP contribution in [-0.2, 0) is 9.53 Å². The summed E-state index contributed by atoms with van der Waals surface area (Å²) in [6.07, 6.45) is 0. The van der Waals surface area contributed by atoms with Gasteiger partial charge in [0.15, 0.2) is 6.61 Å². The summed E-state index contributed by atoms with van der Waals surface area (Å²) in [6.45, 7) is 4.06. The molecule has 1 aliphatic rings. The normalized spacial score (nSPS) is 14.1. The zero-order chi connectivity index (χ0) is 19.4. The van der Waals surface area contributed by atoms with Crippen molar-refractivity contribution >= 4 is 34.9 Å². The zero-order valence-electron chi connectivity index (χ0n) is 15.2. The number of esters is 1. The van der Waals surface area contributed by atoms with E-state index in [1.165, 1.54) is 0 Å². The molecule has 1 amide bonds. The summed E-state index contributed by atoms with van der Waals surface area (Å²) in [6, 6.07) is 12.8. The third kappa shape index (κ3) is 4.52. The van der Waals surface area contributed by atoms with Crippen LogP contribution in [0.2, 0.25) is 5.02 Å². The number of benzene rings is 2. The minimum Gasteiger partial charge on any atom is -0.452 e. The minimum atomic E-state index is -0.581. The van der Waals surface area contributed by atoms with Gasteiger partial charge in [0.25, 0.3) is 5.91 Å². The number of piperazine rings is 1. The molecule has 1 fully saturated rings. The Hall–Kier alpha value is -2.73. The Kier molecular flexibility index (Phi) is 5.86. The van der Waals surface area contributed by atoms with Gasteiger partial charge in [0, 0.05) is 42.6 Å². The first-order valence-electron chi connectivity index (χ1n) is 8.76. The standard InChI is InChI=1S/C20H22ClN3O3/c1-14-4-2-7-17(19(14)22)20(26)27-13-18(25)24-10-8-23(9-11-24)16-6-3-5-15(21)12-16/h2-7,12H,8-11,13,22H2,1H3. The van der Waals surface area contributed by atoms with Crippen LogP contribution in [0, 0.1) is 6.92 Å². The number of halogens is 1. The van der Waals surface area contributed by atoms with Crippen molar-refractivity contribution in [2.45, 2.75) is 6.92 Å². The molecule has 27 heavy (non-hydrogen) atoms. The lowest BCUT2D eigenvalue weighted by atomic mass is 10.1. The number of hydrogen-bond donors (Lipinski definition) is 1. The molecule has 0 unspecified atom stereocenters. The smallest absolute Gasteiger partial charge is 0.340 e. The summed E-state index contributed by atoms with van der Waals surface area (Å²) in [5.41, 5.74) is 8.41. The number of nitrogens with zero attached hydrogens (tertiary/aromatic N) is 2. The predicted octanol–water partition coefficient (Wildman–Crippen LogP) is 2.74. The second-order valence-electron chi connectivity index (χ2n) is 6.46. The molecule has 0 bridgehead atoms. The molecule has 0 aromatic heterocycles. The molecule has 0 radical (unpaired) electrons. The maximum absolute atomic E-state index is 12.4.